The van der Waals surface area contributed by atoms with Crippen LogP contribution in [0.3, 0.4) is 0 Å². The molecule has 2 aliphatic heterocycles. The number of rotatable bonds is 5. The van der Waals surface area contributed by atoms with Crippen molar-refractivity contribution < 1.29 is 4.79 Å². The molecule has 1 N–H and O–H groups in total. The third-order valence-corrected chi connectivity index (χ3v) is 8.46. The van der Waals surface area contributed by atoms with Gasteiger partial charge in [-0.25, -0.2) is 0 Å². The summed E-state index contributed by atoms with van der Waals surface area (Å²) in [5.41, 5.74) is 8.60. The highest BCUT2D eigenvalue weighted by Gasteiger charge is 2.43. The Morgan fingerprint density at radius 2 is 1.66 bits per heavy atom. The fourth-order valence-electron chi connectivity index (χ4n) is 6.79. The molecule has 2 aliphatic rings. The van der Waals surface area contributed by atoms with Crippen molar-refractivity contribution in [3.8, 4) is 0 Å². The molecule has 3 nitrogen and oxygen atoms in total. The summed E-state index contributed by atoms with van der Waals surface area (Å²) in [5, 5.41) is 3.73. The van der Waals surface area contributed by atoms with Crippen LogP contribution in [-0.2, 0) is 11.8 Å². The zero-order valence-electron chi connectivity index (χ0n) is 24.1. The van der Waals surface area contributed by atoms with Crippen LogP contribution in [0.1, 0.15) is 100 Å². The van der Waals surface area contributed by atoms with Crippen molar-refractivity contribution in [2.75, 3.05) is 10.2 Å². The predicted molar refractivity (Wildman–Crippen MR) is 161 cm³/mol. The maximum Gasteiger partial charge on any atom is 0.259 e. The van der Waals surface area contributed by atoms with Gasteiger partial charge >= 0.3 is 0 Å². The minimum Gasteiger partial charge on any atom is -0.380 e. The number of aryl methyl sites for hydroxylation is 1. The van der Waals surface area contributed by atoms with Gasteiger partial charge < -0.3 is 5.32 Å². The summed E-state index contributed by atoms with van der Waals surface area (Å²) in [5.74, 6) is 0.0503. The minimum absolute atomic E-state index is 0.0306. The second-order valence-corrected chi connectivity index (χ2v) is 12.7. The molecular weight excluding hydrogens is 464 g/mol. The molecule has 1 unspecified atom stereocenters. The van der Waals surface area contributed by atoms with Crippen molar-refractivity contribution in [3.05, 3.63) is 101 Å². The van der Waals surface area contributed by atoms with E-state index < -0.39 is 5.54 Å². The first-order valence-corrected chi connectivity index (χ1v) is 14.1. The van der Waals surface area contributed by atoms with Crippen molar-refractivity contribution in [2.45, 2.75) is 90.6 Å². The molecule has 3 aromatic carbocycles. The van der Waals surface area contributed by atoms with Crippen LogP contribution in [-0.4, -0.2) is 17.0 Å². The fraction of sp³-hybridized carbons (Fsp3) is 0.400. The van der Waals surface area contributed by atoms with Crippen LogP contribution in [0, 0.1) is 0 Å². The van der Waals surface area contributed by atoms with E-state index in [-0.39, 0.29) is 16.9 Å². The smallest absolute Gasteiger partial charge is 0.259 e. The van der Waals surface area contributed by atoms with E-state index in [2.05, 4.69) is 114 Å². The van der Waals surface area contributed by atoms with Gasteiger partial charge in [-0.1, -0.05) is 62.7 Å². The number of carbonyl (C=O) groups excluding carboxylic acids is 1. The standard InChI is InChI=1S/C35H42N2O/c1-8-9-12-25-15-17-26(18-16-25)32(38)37-31-20-19-27(21-28(31)24(2)22-34(37,5)6)35(7)23-33(3,4)36-30-14-11-10-13-29(30)35/h10-11,13-22,36H,8-9,12,23H2,1-7H3. The van der Waals surface area contributed by atoms with E-state index >= 15 is 0 Å². The largest absolute Gasteiger partial charge is 0.380 e. The van der Waals surface area contributed by atoms with Gasteiger partial charge in [0.2, 0.25) is 0 Å². The minimum atomic E-state index is -0.427. The van der Waals surface area contributed by atoms with Crippen LogP contribution in [0.4, 0.5) is 11.4 Å². The molecule has 0 bridgehead atoms. The Kier molecular flexibility index (Phi) is 6.54. The summed E-state index contributed by atoms with van der Waals surface area (Å²) in [7, 11) is 0. The molecule has 5 rings (SSSR count). The van der Waals surface area contributed by atoms with Gasteiger partial charge in [-0.15, -0.1) is 0 Å². The lowest BCUT2D eigenvalue weighted by Gasteiger charge is -2.47. The number of amides is 1. The van der Waals surface area contributed by atoms with Crippen LogP contribution < -0.4 is 10.2 Å². The zero-order valence-corrected chi connectivity index (χ0v) is 24.1. The van der Waals surface area contributed by atoms with E-state index in [0.29, 0.717) is 0 Å². The Labute approximate surface area is 229 Å². The number of hydrogen-bond donors (Lipinski definition) is 1. The van der Waals surface area contributed by atoms with E-state index in [0.717, 1.165) is 29.7 Å². The Morgan fingerprint density at radius 1 is 0.947 bits per heavy atom. The monoisotopic (exact) mass is 506 g/mol. The number of para-hydroxylation sites is 1. The molecule has 1 atom stereocenters. The first-order chi connectivity index (χ1) is 17.9. The van der Waals surface area contributed by atoms with Gasteiger partial charge in [-0.2, -0.15) is 0 Å². The van der Waals surface area contributed by atoms with Gasteiger partial charge in [0.15, 0.2) is 0 Å². The van der Waals surface area contributed by atoms with Crippen LogP contribution >= 0.6 is 0 Å². The molecule has 0 saturated carbocycles. The summed E-state index contributed by atoms with van der Waals surface area (Å²) in [6, 6.07) is 23.7. The highest BCUT2D eigenvalue weighted by Crippen LogP contribution is 2.49. The third kappa shape index (κ3) is 4.57. The van der Waals surface area contributed by atoms with E-state index in [1.807, 2.05) is 17.0 Å². The van der Waals surface area contributed by atoms with Gasteiger partial charge in [0.1, 0.15) is 0 Å². The highest BCUT2D eigenvalue weighted by atomic mass is 16.2. The number of fused-ring (bicyclic) bond motifs is 2. The molecule has 0 fully saturated rings. The molecule has 38 heavy (non-hydrogen) atoms. The van der Waals surface area contributed by atoms with Crippen LogP contribution in [0.25, 0.3) is 5.57 Å². The Bertz CT molecular complexity index is 1400. The Balaban J connectivity index is 1.57. The second-order valence-electron chi connectivity index (χ2n) is 12.7. The molecular formula is C35H42N2O. The van der Waals surface area contributed by atoms with Crippen molar-refractivity contribution in [2.24, 2.45) is 0 Å². The highest BCUT2D eigenvalue weighted by molar-refractivity contribution is 6.10. The number of anilines is 2. The Morgan fingerprint density at radius 3 is 2.37 bits per heavy atom. The van der Waals surface area contributed by atoms with Crippen LogP contribution in [0.2, 0.25) is 0 Å². The molecule has 2 heterocycles. The number of nitrogens with one attached hydrogen (secondary N) is 1. The fourth-order valence-corrected chi connectivity index (χ4v) is 6.79. The van der Waals surface area contributed by atoms with E-state index in [1.54, 1.807) is 0 Å². The van der Waals surface area contributed by atoms with E-state index in [4.69, 9.17) is 0 Å². The maximum absolute atomic E-state index is 14.0. The number of benzene rings is 3. The number of hydrogen-bond acceptors (Lipinski definition) is 2. The molecule has 1 amide bonds. The van der Waals surface area contributed by atoms with Crippen molar-refractivity contribution in [1.82, 2.24) is 0 Å². The summed E-state index contributed by atoms with van der Waals surface area (Å²) in [4.78, 5) is 16.0. The molecule has 0 saturated heterocycles. The summed E-state index contributed by atoms with van der Waals surface area (Å²) in [6.07, 6.45) is 6.63. The Hall–Kier alpha value is -3.33. The molecule has 0 spiro atoms. The average Bonchev–Trinajstić information content (AvgIpc) is 2.86. The lowest BCUT2D eigenvalue weighted by Crippen LogP contribution is -2.49. The first kappa shape index (κ1) is 26.3. The van der Waals surface area contributed by atoms with Gasteiger partial charge in [-0.05, 0) is 106 Å². The van der Waals surface area contributed by atoms with Crippen molar-refractivity contribution in [1.29, 1.82) is 0 Å². The molecule has 198 valence electrons. The van der Waals surface area contributed by atoms with Gasteiger partial charge in [-0.3, -0.25) is 9.69 Å². The predicted octanol–water partition coefficient (Wildman–Crippen LogP) is 8.77. The first-order valence-electron chi connectivity index (χ1n) is 14.1. The van der Waals surface area contributed by atoms with Crippen molar-refractivity contribution in [3.63, 3.8) is 0 Å². The van der Waals surface area contributed by atoms with E-state index in [9.17, 15) is 4.79 Å². The second kappa shape index (κ2) is 9.45. The molecule has 3 heteroatoms. The van der Waals surface area contributed by atoms with Gasteiger partial charge in [0.05, 0.1) is 11.2 Å². The quantitative estimate of drug-likeness (QED) is 0.375. The lowest BCUT2D eigenvalue weighted by molar-refractivity contribution is 0.0970. The molecule has 0 aliphatic carbocycles. The number of carbonyl (C=O) groups is 1. The zero-order chi connectivity index (χ0) is 27.3. The molecule has 0 aromatic heterocycles. The SMILES string of the molecule is CCCCc1ccc(C(=O)N2c3ccc(C4(C)CC(C)(C)Nc5ccccc54)cc3C(C)=CC2(C)C)cc1. The topological polar surface area (TPSA) is 32.3 Å². The molecule has 0 radical (unpaired) electrons. The number of nitrogens with zero attached hydrogens (tertiary/aromatic N) is 1. The van der Waals surface area contributed by atoms with Gasteiger partial charge in [0.25, 0.3) is 5.91 Å². The van der Waals surface area contributed by atoms with E-state index in [1.165, 1.54) is 40.8 Å². The summed E-state index contributed by atoms with van der Waals surface area (Å²) < 4.78 is 0. The number of unbranched alkanes of at least 4 members (excludes halogenated alkanes) is 1. The average molecular weight is 507 g/mol. The van der Waals surface area contributed by atoms with Crippen molar-refractivity contribution >= 4 is 22.9 Å². The maximum atomic E-state index is 14.0. The summed E-state index contributed by atoms with van der Waals surface area (Å²) >= 11 is 0. The van der Waals surface area contributed by atoms with Crippen LogP contribution in [0.15, 0.2) is 72.8 Å². The normalized spacial score (nSPS) is 21.1. The van der Waals surface area contributed by atoms with Crippen LogP contribution in [0.5, 0.6) is 0 Å². The lowest BCUT2D eigenvalue weighted by atomic mass is 9.65. The summed E-state index contributed by atoms with van der Waals surface area (Å²) in [6.45, 7) is 15.6. The third-order valence-electron chi connectivity index (χ3n) is 8.46. The van der Waals surface area contributed by atoms with Gasteiger partial charge in [0, 0.05) is 27.8 Å². The molecule has 3 aromatic rings. The number of allylic oxidation sites excluding steroid dienone is 1.